The Labute approximate surface area is 101 Å². The summed E-state index contributed by atoms with van der Waals surface area (Å²) >= 11 is 6.14. The Balaban J connectivity index is 2.10. The maximum Gasteiger partial charge on any atom is 0.109 e. The molecule has 0 aliphatic carbocycles. The van der Waals surface area contributed by atoms with Gasteiger partial charge in [-0.25, -0.2) is 0 Å². The molecule has 2 rings (SSSR count). The quantitative estimate of drug-likeness (QED) is 0.870. The first-order valence-electron chi connectivity index (χ1n) is 5.55. The smallest absolute Gasteiger partial charge is 0.109 e. The van der Waals surface area contributed by atoms with Crippen LogP contribution in [0.25, 0.3) is 0 Å². The maximum absolute atomic E-state index is 6.14. The number of nitrogens with one attached hydrogen (secondary N) is 1. The van der Waals surface area contributed by atoms with Crippen molar-refractivity contribution in [3.05, 3.63) is 46.7 Å². The zero-order valence-electron chi connectivity index (χ0n) is 9.37. The van der Waals surface area contributed by atoms with Crippen LogP contribution in [0.1, 0.15) is 12.0 Å². The highest BCUT2D eigenvalue weighted by Crippen LogP contribution is 2.21. The van der Waals surface area contributed by atoms with Gasteiger partial charge in [0.15, 0.2) is 0 Å². The second-order valence-electron chi connectivity index (χ2n) is 3.88. The molecule has 0 radical (unpaired) electrons. The fourth-order valence-electron chi connectivity index (χ4n) is 1.91. The van der Waals surface area contributed by atoms with E-state index in [2.05, 4.69) is 17.5 Å². The van der Waals surface area contributed by atoms with Gasteiger partial charge in [0, 0.05) is 11.4 Å². The van der Waals surface area contributed by atoms with Crippen LogP contribution in [0, 0.1) is 0 Å². The zero-order valence-corrected chi connectivity index (χ0v) is 10.1. The highest BCUT2D eigenvalue weighted by Gasteiger charge is 2.18. The van der Waals surface area contributed by atoms with E-state index < -0.39 is 0 Å². The van der Waals surface area contributed by atoms with Gasteiger partial charge in [-0.05, 0) is 31.2 Å². The second kappa shape index (κ2) is 5.37. The van der Waals surface area contributed by atoms with E-state index in [1.165, 1.54) is 0 Å². The van der Waals surface area contributed by atoms with Crippen molar-refractivity contribution < 1.29 is 4.74 Å². The first-order valence-corrected chi connectivity index (χ1v) is 5.92. The summed E-state index contributed by atoms with van der Waals surface area (Å²) in [4.78, 5) is 0. The third-order valence-electron chi connectivity index (χ3n) is 2.81. The van der Waals surface area contributed by atoms with Crippen LogP contribution in [0.4, 0.5) is 0 Å². The summed E-state index contributed by atoms with van der Waals surface area (Å²) in [7, 11) is 1.95. The molecule has 1 atom stereocenters. The van der Waals surface area contributed by atoms with E-state index >= 15 is 0 Å². The van der Waals surface area contributed by atoms with Crippen LogP contribution in [0.15, 0.2) is 36.1 Å². The Morgan fingerprint density at radius 1 is 1.44 bits per heavy atom. The number of rotatable bonds is 4. The van der Waals surface area contributed by atoms with Crippen molar-refractivity contribution in [3.63, 3.8) is 0 Å². The minimum Gasteiger partial charge on any atom is -0.496 e. The summed E-state index contributed by atoms with van der Waals surface area (Å²) in [6.45, 7) is 0.802. The van der Waals surface area contributed by atoms with E-state index in [-0.39, 0.29) is 6.04 Å². The molecule has 0 aromatic heterocycles. The molecule has 1 aromatic carbocycles. The Morgan fingerprint density at radius 3 is 2.88 bits per heavy atom. The molecule has 0 saturated carbocycles. The van der Waals surface area contributed by atoms with Crippen LogP contribution in [-0.2, 0) is 11.2 Å². The molecule has 16 heavy (non-hydrogen) atoms. The average molecular weight is 238 g/mol. The van der Waals surface area contributed by atoms with Gasteiger partial charge in [0.25, 0.3) is 0 Å². The standard InChI is InChI=1S/C13H16ClNO/c1-15-12(13-7-4-8-16-13)9-10-5-2-3-6-11(10)14/h2-3,5-7,12,15H,4,8-9H2,1H3. The van der Waals surface area contributed by atoms with Crippen LogP contribution in [-0.4, -0.2) is 19.7 Å². The molecule has 0 amide bonds. The zero-order chi connectivity index (χ0) is 11.4. The largest absolute Gasteiger partial charge is 0.496 e. The monoisotopic (exact) mass is 237 g/mol. The van der Waals surface area contributed by atoms with Gasteiger partial charge in [0.1, 0.15) is 5.76 Å². The van der Waals surface area contributed by atoms with Crippen LogP contribution in [0.3, 0.4) is 0 Å². The predicted octanol–water partition coefficient (Wildman–Crippen LogP) is 2.77. The normalized spacial score (nSPS) is 16.8. The van der Waals surface area contributed by atoms with E-state index in [1.54, 1.807) is 0 Å². The van der Waals surface area contributed by atoms with Gasteiger partial charge in [-0.3, -0.25) is 0 Å². The lowest BCUT2D eigenvalue weighted by atomic mass is 10.0. The molecular formula is C13H16ClNO. The van der Waals surface area contributed by atoms with E-state index in [1.807, 2.05) is 25.2 Å². The number of benzene rings is 1. The van der Waals surface area contributed by atoms with Crippen LogP contribution in [0.2, 0.25) is 5.02 Å². The lowest BCUT2D eigenvalue weighted by molar-refractivity contribution is 0.217. The van der Waals surface area contributed by atoms with Crippen molar-refractivity contribution in [2.75, 3.05) is 13.7 Å². The van der Waals surface area contributed by atoms with Crippen LogP contribution < -0.4 is 5.32 Å². The lowest BCUT2D eigenvalue weighted by Crippen LogP contribution is -2.30. The molecule has 0 spiro atoms. The molecule has 1 aromatic rings. The summed E-state index contributed by atoms with van der Waals surface area (Å²) in [6.07, 6.45) is 4.02. The van der Waals surface area contributed by atoms with Gasteiger partial charge in [-0.15, -0.1) is 0 Å². The Morgan fingerprint density at radius 2 is 2.25 bits per heavy atom. The molecule has 1 heterocycles. The van der Waals surface area contributed by atoms with Gasteiger partial charge in [0.05, 0.1) is 12.6 Å². The minimum absolute atomic E-state index is 0.224. The molecule has 0 saturated heterocycles. The molecule has 0 bridgehead atoms. The molecule has 3 heteroatoms. The Bertz CT molecular complexity index is 389. The fraction of sp³-hybridized carbons (Fsp3) is 0.385. The van der Waals surface area contributed by atoms with Gasteiger partial charge in [0.2, 0.25) is 0 Å². The van der Waals surface area contributed by atoms with Crippen molar-refractivity contribution in [2.24, 2.45) is 0 Å². The number of ether oxygens (including phenoxy) is 1. The molecule has 0 fully saturated rings. The van der Waals surface area contributed by atoms with E-state index in [9.17, 15) is 0 Å². The molecule has 2 nitrogen and oxygen atoms in total. The summed E-state index contributed by atoms with van der Waals surface area (Å²) in [5, 5.41) is 4.09. The minimum atomic E-state index is 0.224. The second-order valence-corrected chi connectivity index (χ2v) is 4.29. The highest BCUT2D eigenvalue weighted by molar-refractivity contribution is 6.31. The van der Waals surface area contributed by atoms with E-state index in [0.717, 1.165) is 35.8 Å². The van der Waals surface area contributed by atoms with Gasteiger partial charge >= 0.3 is 0 Å². The van der Waals surface area contributed by atoms with Gasteiger partial charge < -0.3 is 10.1 Å². The molecule has 1 unspecified atom stereocenters. The summed E-state index contributed by atoms with van der Waals surface area (Å²) in [6, 6.07) is 8.17. The van der Waals surface area contributed by atoms with Crippen molar-refractivity contribution in [1.82, 2.24) is 5.32 Å². The van der Waals surface area contributed by atoms with Crippen LogP contribution in [0.5, 0.6) is 0 Å². The molecule has 86 valence electrons. The van der Waals surface area contributed by atoms with Crippen molar-refractivity contribution in [1.29, 1.82) is 0 Å². The first kappa shape index (κ1) is 11.5. The number of hydrogen-bond acceptors (Lipinski definition) is 2. The Kier molecular flexibility index (Phi) is 3.86. The molecule has 1 aliphatic rings. The SMILES string of the molecule is CNC(Cc1ccccc1Cl)C1=CCCO1. The van der Waals surface area contributed by atoms with Gasteiger partial charge in [-0.2, -0.15) is 0 Å². The molecule has 1 N–H and O–H groups in total. The van der Waals surface area contributed by atoms with Gasteiger partial charge in [-0.1, -0.05) is 29.8 Å². The maximum atomic E-state index is 6.14. The Hall–Kier alpha value is -0.990. The fourth-order valence-corrected chi connectivity index (χ4v) is 2.12. The lowest BCUT2D eigenvalue weighted by Gasteiger charge is -2.18. The summed E-state index contributed by atoms with van der Waals surface area (Å²) in [5.74, 6) is 1.04. The van der Waals surface area contributed by atoms with Crippen molar-refractivity contribution >= 4 is 11.6 Å². The molecule has 1 aliphatic heterocycles. The third kappa shape index (κ3) is 2.57. The van der Waals surface area contributed by atoms with E-state index in [4.69, 9.17) is 16.3 Å². The summed E-state index contributed by atoms with van der Waals surface area (Å²) < 4.78 is 5.57. The average Bonchev–Trinajstić information content (AvgIpc) is 2.81. The van der Waals surface area contributed by atoms with Crippen LogP contribution >= 0.6 is 11.6 Å². The number of hydrogen-bond donors (Lipinski definition) is 1. The third-order valence-corrected chi connectivity index (χ3v) is 3.17. The summed E-state index contributed by atoms with van der Waals surface area (Å²) in [5.41, 5.74) is 1.15. The number of halogens is 1. The van der Waals surface area contributed by atoms with Crippen molar-refractivity contribution in [2.45, 2.75) is 18.9 Å². The predicted molar refractivity (Wildman–Crippen MR) is 66.7 cm³/mol. The number of likely N-dealkylation sites (N-methyl/N-ethyl adjacent to an activating group) is 1. The molecular weight excluding hydrogens is 222 g/mol. The van der Waals surface area contributed by atoms with Crippen molar-refractivity contribution in [3.8, 4) is 0 Å². The highest BCUT2D eigenvalue weighted by atomic mass is 35.5. The van der Waals surface area contributed by atoms with E-state index in [0.29, 0.717) is 0 Å². The first-order chi connectivity index (χ1) is 7.81. The topological polar surface area (TPSA) is 21.3 Å².